The Labute approximate surface area is 120 Å². The van der Waals surface area contributed by atoms with Crippen LogP contribution in [0.4, 0.5) is 5.82 Å². The summed E-state index contributed by atoms with van der Waals surface area (Å²) < 4.78 is 6.14. The van der Waals surface area contributed by atoms with Gasteiger partial charge in [-0.1, -0.05) is 0 Å². The first kappa shape index (κ1) is 13.1. The van der Waals surface area contributed by atoms with Gasteiger partial charge in [-0.3, -0.25) is 0 Å². The Bertz CT molecular complexity index is 576. The van der Waals surface area contributed by atoms with E-state index in [4.69, 9.17) is 10.5 Å². The maximum absolute atomic E-state index is 5.87. The van der Waals surface area contributed by atoms with Crippen molar-refractivity contribution in [1.82, 2.24) is 9.97 Å². The van der Waals surface area contributed by atoms with Crippen molar-refractivity contribution in [3.8, 4) is 17.1 Å². The molecule has 0 amide bonds. The molecule has 0 saturated carbocycles. The number of aryl methyl sites for hydroxylation is 2. The quantitative estimate of drug-likeness (QED) is 0.842. The molecule has 18 heavy (non-hydrogen) atoms. The SMILES string of the molecule is COc1ccc(-c2nc(C)c(I)c(N)n2)cc1C. The number of ether oxygens (including phenoxy) is 1. The first-order chi connectivity index (χ1) is 8.52. The van der Waals surface area contributed by atoms with Crippen LogP contribution in [0.1, 0.15) is 11.3 Å². The average Bonchev–Trinajstić information content (AvgIpc) is 2.35. The number of methoxy groups -OCH3 is 1. The minimum absolute atomic E-state index is 0.520. The number of hydrogen-bond acceptors (Lipinski definition) is 4. The molecule has 0 aliphatic carbocycles. The highest BCUT2D eigenvalue weighted by molar-refractivity contribution is 14.1. The lowest BCUT2D eigenvalue weighted by molar-refractivity contribution is 0.412. The van der Waals surface area contributed by atoms with Crippen LogP contribution in [-0.4, -0.2) is 17.1 Å². The van der Waals surface area contributed by atoms with E-state index in [2.05, 4.69) is 32.6 Å². The van der Waals surface area contributed by atoms with Gasteiger partial charge < -0.3 is 10.5 Å². The third-order valence-corrected chi connectivity index (χ3v) is 4.03. The summed E-state index contributed by atoms with van der Waals surface area (Å²) in [5.74, 6) is 2.02. The number of hydrogen-bond donors (Lipinski definition) is 1. The fraction of sp³-hybridized carbons (Fsp3) is 0.231. The van der Waals surface area contributed by atoms with Crippen LogP contribution in [0.5, 0.6) is 5.75 Å². The van der Waals surface area contributed by atoms with Crippen molar-refractivity contribution in [2.45, 2.75) is 13.8 Å². The van der Waals surface area contributed by atoms with Crippen molar-refractivity contribution < 1.29 is 4.74 Å². The topological polar surface area (TPSA) is 61.0 Å². The Kier molecular flexibility index (Phi) is 3.70. The van der Waals surface area contributed by atoms with Gasteiger partial charge in [-0.2, -0.15) is 0 Å². The lowest BCUT2D eigenvalue weighted by Crippen LogP contribution is -2.02. The van der Waals surface area contributed by atoms with Crippen LogP contribution in [0.3, 0.4) is 0 Å². The summed E-state index contributed by atoms with van der Waals surface area (Å²) in [5.41, 5.74) is 8.76. The zero-order valence-corrected chi connectivity index (χ0v) is 12.6. The van der Waals surface area contributed by atoms with Crippen molar-refractivity contribution >= 4 is 28.4 Å². The summed E-state index contributed by atoms with van der Waals surface area (Å²) in [5, 5.41) is 0. The molecule has 0 aliphatic heterocycles. The van der Waals surface area contributed by atoms with Crippen LogP contribution >= 0.6 is 22.6 Å². The molecule has 1 aromatic carbocycles. The van der Waals surface area contributed by atoms with Gasteiger partial charge in [-0.15, -0.1) is 0 Å². The van der Waals surface area contributed by atoms with Gasteiger partial charge in [0.1, 0.15) is 11.6 Å². The minimum Gasteiger partial charge on any atom is -0.496 e. The van der Waals surface area contributed by atoms with E-state index in [1.165, 1.54) is 0 Å². The highest BCUT2D eigenvalue weighted by Gasteiger charge is 2.09. The Morgan fingerprint density at radius 3 is 2.50 bits per heavy atom. The summed E-state index contributed by atoms with van der Waals surface area (Å²) in [7, 11) is 1.66. The fourth-order valence-corrected chi connectivity index (χ4v) is 1.97. The monoisotopic (exact) mass is 355 g/mol. The molecule has 0 fully saturated rings. The molecule has 2 rings (SSSR count). The normalized spacial score (nSPS) is 10.4. The van der Waals surface area contributed by atoms with Gasteiger partial charge in [0.2, 0.25) is 0 Å². The summed E-state index contributed by atoms with van der Waals surface area (Å²) in [6.07, 6.45) is 0. The zero-order valence-electron chi connectivity index (χ0n) is 10.5. The van der Waals surface area contributed by atoms with Gasteiger partial charge in [0.25, 0.3) is 0 Å². The highest BCUT2D eigenvalue weighted by Crippen LogP contribution is 2.26. The Morgan fingerprint density at radius 2 is 1.94 bits per heavy atom. The Hall–Kier alpha value is -1.37. The number of nitrogens with two attached hydrogens (primary N) is 1. The first-order valence-electron chi connectivity index (χ1n) is 5.47. The maximum Gasteiger partial charge on any atom is 0.161 e. The molecule has 1 heterocycles. The second-order valence-corrected chi connectivity index (χ2v) is 5.09. The van der Waals surface area contributed by atoms with Crippen LogP contribution in [0.2, 0.25) is 0 Å². The van der Waals surface area contributed by atoms with E-state index in [1.807, 2.05) is 32.0 Å². The van der Waals surface area contributed by atoms with Gasteiger partial charge in [-0.05, 0) is 60.2 Å². The zero-order chi connectivity index (χ0) is 13.3. The molecule has 0 aliphatic rings. The average molecular weight is 355 g/mol. The second-order valence-electron chi connectivity index (χ2n) is 4.02. The smallest absolute Gasteiger partial charge is 0.161 e. The van der Waals surface area contributed by atoms with Crippen LogP contribution in [-0.2, 0) is 0 Å². The van der Waals surface area contributed by atoms with E-state index in [-0.39, 0.29) is 0 Å². The molecule has 4 nitrogen and oxygen atoms in total. The summed E-state index contributed by atoms with van der Waals surface area (Å²) in [4.78, 5) is 8.78. The maximum atomic E-state index is 5.87. The van der Waals surface area contributed by atoms with Crippen LogP contribution in [0.25, 0.3) is 11.4 Å². The molecule has 0 atom stereocenters. The van der Waals surface area contributed by atoms with E-state index in [9.17, 15) is 0 Å². The van der Waals surface area contributed by atoms with Crippen LogP contribution < -0.4 is 10.5 Å². The minimum atomic E-state index is 0.520. The molecule has 2 aromatic rings. The number of benzene rings is 1. The molecular formula is C13H14IN3O. The third kappa shape index (κ3) is 2.40. The second kappa shape index (κ2) is 5.09. The summed E-state index contributed by atoms with van der Waals surface area (Å²) in [6, 6.07) is 5.85. The number of anilines is 1. The van der Waals surface area contributed by atoms with Crippen molar-refractivity contribution in [3.05, 3.63) is 33.0 Å². The summed E-state index contributed by atoms with van der Waals surface area (Å²) >= 11 is 2.15. The van der Waals surface area contributed by atoms with Gasteiger partial charge in [0.05, 0.1) is 16.4 Å². The van der Waals surface area contributed by atoms with Crippen molar-refractivity contribution in [3.63, 3.8) is 0 Å². The summed E-state index contributed by atoms with van der Waals surface area (Å²) in [6.45, 7) is 3.92. The molecule has 0 spiro atoms. The Balaban J connectivity index is 2.52. The Morgan fingerprint density at radius 1 is 1.22 bits per heavy atom. The predicted molar refractivity (Wildman–Crippen MR) is 80.6 cm³/mol. The number of nitrogens with zero attached hydrogens (tertiary/aromatic N) is 2. The fourth-order valence-electron chi connectivity index (χ4n) is 1.73. The number of aromatic nitrogens is 2. The van der Waals surface area contributed by atoms with Crippen molar-refractivity contribution in [1.29, 1.82) is 0 Å². The van der Waals surface area contributed by atoms with Crippen LogP contribution in [0.15, 0.2) is 18.2 Å². The standard InChI is InChI=1S/C13H14IN3O/c1-7-6-9(4-5-10(7)18-3)13-16-8(2)11(14)12(15)17-13/h4-6H,1-3H3,(H2,15,16,17). The van der Waals surface area contributed by atoms with E-state index in [0.717, 1.165) is 26.1 Å². The molecule has 1 aromatic heterocycles. The van der Waals surface area contributed by atoms with E-state index in [0.29, 0.717) is 11.6 Å². The molecule has 2 N–H and O–H groups in total. The van der Waals surface area contributed by atoms with Gasteiger partial charge in [0, 0.05) is 5.56 Å². The molecule has 5 heteroatoms. The van der Waals surface area contributed by atoms with E-state index in [1.54, 1.807) is 7.11 Å². The molecule has 0 radical (unpaired) electrons. The molecule has 94 valence electrons. The van der Waals surface area contributed by atoms with Crippen LogP contribution in [0, 0.1) is 17.4 Å². The lowest BCUT2D eigenvalue weighted by Gasteiger charge is -2.08. The number of rotatable bonds is 2. The van der Waals surface area contributed by atoms with Gasteiger partial charge >= 0.3 is 0 Å². The molecular weight excluding hydrogens is 341 g/mol. The van der Waals surface area contributed by atoms with Crippen molar-refractivity contribution in [2.24, 2.45) is 0 Å². The molecule has 0 bridgehead atoms. The third-order valence-electron chi connectivity index (χ3n) is 2.70. The van der Waals surface area contributed by atoms with Gasteiger partial charge in [0.15, 0.2) is 5.82 Å². The molecule has 0 saturated heterocycles. The first-order valence-corrected chi connectivity index (χ1v) is 6.55. The van der Waals surface area contributed by atoms with E-state index < -0.39 is 0 Å². The van der Waals surface area contributed by atoms with Crippen molar-refractivity contribution in [2.75, 3.05) is 12.8 Å². The van der Waals surface area contributed by atoms with Gasteiger partial charge in [-0.25, -0.2) is 9.97 Å². The highest BCUT2D eigenvalue weighted by atomic mass is 127. The largest absolute Gasteiger partial charge is 0.496 e. The molecule has 0 unspecified atom stereocenters. The lowest BCUT2D eigenvalue weighted by atomic mass is 10.1. The number of halogens is 1. The predicted octanol–water partition coefficient (Wildman–Crippen LogP) is 2.96. The van der Waals surface area contributed by atoms with E-state index >= 15 is 0 Å². The number of nitrogen functional groups attached to an aromatic ring is 1.